The van der Waals surface area contributed by atoms with Crippen molar-refractivity contribution in [3.63, 3.8) is 0 Å². The zero-order valence-electron chi connectivity index (χ0n) is 14.0. The average molecular weight is 344 g/mol. The Labute approximate surface area is 145 Å². The van der Waals surface area contributed by atoms with E-state index in [1.807, 2.05) is 13.8 Å². The van der Waals surface area contributed by atoms with Gasteiger partial charge in [-0.3, -0.25) is 14.8 Å². The molecule has 0 radical (unpaired) electrons. The molecule has 3 N–H and O–H groups in total. The number of rotatable bonds is 7. The minimum Gasteiger partial charge on any atom is -0.490 e. The molecular weight excluding hydrogens is 324 g/mol. The zero-order valence-corrected chi connectivity index (χ0v) is 14.0. The van der Waals surface area contributed by atoms with Crippen molar-refractivity contribution < 1.29 is 24.3 Å². The Morgan fingerprint density at radius 3 is 2.08 bits per heavy atom. The summed E-state index contributed by atoms with van der Waals surface area (Å²) >= 11 is 0. The SMILES string of the molecule is CCOc1ccc(C(=O)Nc2ccc(C(=O)NO)cc2)cc1OCC. The summed E-state index contributed by atoms with van der Waals surface area (Å²) in [6, 6.07) is 11.1. The number of hydrogen-bond donors (Lipinski definition) is 3. The van der Waals surface area contributed by atoms with Crippen molar-refractivity contribution in [2.75, 3.05) is 18.5 Å². The summed E-state index contributed by atoms with van der Waals surface area (Å²) in [7, 11) is 0. The lowest BCUT2D eigenvalue weighted by Crippen LogP contribution is -2.18. The Balaban J connectivity index is 2.14. The fourth-order valence-corrected chi connectivity index (χ4v) is 2.17. The van der Waals surface area contributed by atoms with E-state index in [-0.39, 0.29) is 11.5 Å². The number of hydroxylamine groups is 1. The molecule has 0 aliphatic carbocycles. The van der Waals surface area contributed by atoms with Gasteiger partial charge in [0.25, 0.3) is 11.8 Å². The third-order valence-electron chi connectivity index (χ3n) is 3.31. The Hall–Kier alpha value is -3.06. The summed E-state index contributed by atoms with van der Waals surface area (Å²) in [6.45, 7) is 4.68. The lowest BCUT2D eigenvalue weighted by molar-refractivity contribution is 0.0706. The highest BCUT2D eigenvalue weighted by molar-refractivity contribution is 6.05. The topological polar surface area (TPSA) is 96.9 Å². The van der Waals surface area contributed by atoms with E-state index in [0.717, 1.165) is 0 Å². The first-order chi connectivity index (χ1) is 12.1. The Morgan fingerprint density at radius 1 is 0.880 bits per heavy atom. The molecule has 2 aromatic rings. The van der Waals surface area contributed by atoms with Gasteiger partial charge in [0.2, 0.25) is 0 Å². The van der Waals surface area contributed by atoms with Crippen LogP contribution in [0.3, 0.4) is 0 Å². The minimum absolute atomic E-state index is 0.278. The van der Waals surface area contributed by atoms with Gasteiger partial charge in [-0.1, -0.05) is 0 Å². The van der Waals surface area contributed by atoms with Crippen LogP contribution in [0, 0.1) is 0 Å². The van der Waals surface area contributed by atoms with E-state index in [2.05, 4.69) is 5.32 Å². The normalized spacial score (nSPS) is 10.0. The van der Waals surface area contributed by atoms with Gasteiger partial charge in [0.15, 0.2) is 11.5 Å². The number of anilines is 1. The van der Waals surface area contributed by atoms with E-state index >= 15 is 0 Å². The van der Waals surface area contributed by atoms with Gasteiger partial charge in [0, 0.05) is 16.8 Å². The maximum atomic E-state index is 12.4. The molecule has 2 amide bonds. The predicted octanol–water partition coefficient (Wildman–Crippen LogP) is 2.86. The van der Waals surface area contributed by atoms with Crippen LogP contribution in [0.2, 0.25) is 0 Å². The van der Waals surface area contributed by atoms with Crippen molar-refractivity contribution >= 4 is 17.5 Å². The van der Waals surface area contributed by atoms with Gasteiger partial charge in [-0.2, -0.15) is 0 Å². The van der Waals surface area contributed by atoms with Gasteiger partial charge in [-0.25, -0.2) is 5.48 Å². The quantitative estimate of drug-likeness (QED) is 0.530. The molecule has 25 heavy (non-hydrogen) atoms. The summed E-state index contributed by atoms with van der Waals surface area (Å²) in [4.78, 5) is 23.7. The van der Waals surface area contributed by atoms with E-state index < -0.39 is 5.91 Å². The van der Waals surface area contributed by atoms with Gasteiger partial charge in [-0.05, 0) is 56.3 Å². The highest BCUT2D eigenvalue weighted by atomic mass is 16.5. The molecule has 0 saturated carbocycles. The third kappa shape index (κ3) is 4.71. The maximum Gasteiger partial charge on any atom is 0.274 e. The molecule has 0 aliphatic heterocycles. The Morgan fingerprint density at radius 2 is 1.48 bits per heavy atom. The molecular formula is C18H20N2O5. The lowest BCUT2D eigenvalue weighted by Gasteiger charge is -2.12. The van der Waals surface area contributed by atoms with Crippen LogP contribution in [0.4, 0.5) is 5.69 Å². The van der Waals surface area contributed by atoms with Crippen LogP contribution in [0.5, 0.6) is 11.5 Å². The molecule has 0 bridgehead atoms. The van der Waals surface area contributed by atoms with E-state index in [0.29, 0.717) is 36.0 Å². The van der Waals surface area contributed by atoms with Crippen molar-refractivity contribution in [1.82, 2.24) is 5.48 Å². The number of ether oxygens (including phenoxy) is 2. The second-order valence-corrected chi connectivity index (χ2v) is 5.00. The molecule has 7 heteroatoms. The van der Waals surface area contributed by atoms with Crippen LogP contribution in [0.1, 0.15) is 34.6 Å². The maximum absolute atomic E-state index is 12.4. The van der Waals surface area contributed by atoms with Crippen LogP contribution in [0.15, 0.2) is 42.5 Å². The summed E-state index contributed by atoms with van der Waals surface area (Å²) in [5, 5.41) is 11.3. The molecule has 132 valence electrons. The number of hydrogen-bond acceptors (Lipinski definition) is 5. The average Bonchev–Trinajstić information content (AvgIpc) is 2.63. The molecule has 2 aromatic carbocycles. The first-order valence-electron chi connectivity index (χ1n) is 7.84. The van der Waals surface area contributed by atoms with Crippen LogP contribution in [-0.4, -0.2) is 30.2 Å². The molecule has 0 heterocycles. The van der Waals surface area contributed by atoms with E-state index in [1.54, 1.807) is 35.8 Å². The highest BCUT2D eigenvalue weighted by Gasteiger charge is 2.12. The van der Waals surface area contributed by atoms with Crippen molar-refractivity contribution in [2.45, 2.75) is 13.8 Å². The first-order valence-corrected chi connectivity index (χ1v) is 7.84. The van der Waals surface area contributed by atoms with Gasteiger partial charge in [0.1, 0.15) is 0 Å². The van der Waals surface area contributed by atoms with Gasteiger partial charge in [0.05, 0.1) is 13.2 Å². The lowest BCUT2D eigenvalue weighted by atomic mass is 10.1. The van der Waals surface area contributed by atoms with Gasteiger partial charge >= 0.3 is 0 Å². The minimum atomic E-state index is -0.620. The van der Waals surface area contributed by atoms with Gasteiger partial charge < -0.3 is 14.8 Å². The van der Waals surface area contributed by atoms with Gasteiger partial charge in [-0.15, -0.1) is 0 Å². The third-order valence-corrected chi connectivity index (χ3v) is 3.31. The summed E-state index contributed by atoms with van der Waals surface area (Å²) in [5.41, 5.74) is 2.77. The molecule has 0 atom stereocenters. The van der Waals surface area contributed by atoms with Crippen molar-refractivity contribution in [3.8, 4) is 11.5 Å². The molecule has 7 nitrogen and oxygen atoms in total. The van der Waals surface area contributed by atoms with Crippen LogP contribution in [0.25, 0.3) is 0 Å². The molecule has 0 unspecified atom stereocenters. The smallest absolute Gasteiger partial charge is 0.274 e. The largest absolute Gasteiger partial charge is 0.490 e. The Bertz CT molecular complexity index is 744. The van der Waals surface area contributed by atoms with E-state index in [1.165, 1.54) is 12.1 Å². The fourth-order valence-electron chi connectivity index (χ4n) is 2.17. The molecule has 0 saturated heterocycles. The second-order valence-electron chi connectivity index (χ2n) is 5.00. The molecule has 0 aromatic heterocycles. The van der Waals surface area contributed by atoms with Crippen molar-refractivity contribution in [1.29, 1.82) is 0 Å². The van der Waals surface area contributed by atoms with Crippen LogP contribution >= 0.6 is 0 Å². The molecule has 0 spiro atoms. The predicted molar refractivity (Wildman–Crippen MR) is 92.4 cm³/mol. The fraction of sp³-hybridized carbons (Fsp3) is 0.222. The number of benzene rings is 2. The number of amides is 2. The highest BCUT2D eigenvalue weighted by Crippen LogP contribution is 2.28. The number of nitrogens with one attached hydrogen (secondary N) is 2. The standard InChI is InChI=1S/C18H20N2O5/c1-3-24-15-10-7-13(11-16(15)25-4-2)17(21)19-14-8-5-12(6-9-14)18(22)20-23/h5-11,23H,3-4H2,1-2H3,(H,19,21)(H,20,22). The monoisotopic (exact) mass is 344 g/mol. The summed E-state index contributed by atoms with van der Waals surface area (Å²) in [6.07, 6.45) is 0. The molecule has 2 rings (SSSR count). The van der Waals surface area contributed by atoms with E-state index in [4.69, 9.17) is 14.7 Å². The summed E-state index contributed by atoms with van der Waals surface area (Å²) in [5.74, 6) is 0.154. The zero-order chi connectivity index (χ0) is 18.2. The molecule has 0 aliphatic rings. The Kier molecular flexibility index (Phi) is 6.36. The number of carbonyl (C=O) groups is 2. The van der Waals surface area contributed by atoms with E-state index in [9.17, 15) is 9.59 Å². The summed E-state index contributed by atoms with van der Waals surface area (Å²) < 4.78 is 11.0. The first kappa shape index (κ1) is 18.3. The van der Waals surface area contributed by atoms with Crippen molar-refractivity contribution in [3.05, 3.63) is 53.6 Å². The molecule has 0 fully saturated rings. The second kappa shape index (κ2) is 8.70. The van der Waals surface area contributed by atoms with Crippen LogP contribution < -0.4 is 20.3 Å². The number of carbonyl (C=O) groups excluding carboxylic acids is 2. The van der Waals surface area contributed by atoms with Crippen molar-refractivity contribution in [2.24, 2.45) is 0 Å². The van der Waals surface area contributed by atoms with Crippen LogP contribution in [-0.2, 0) is 0 Å².